The summed E-state index contributed by atoms with van der Waals surface area (Å²) in [6.45, 7) is 3.61. The highest BCUT2D eigenvalue weighted by molar-refractivity contribution is 5.78. The largest absolute Gasteiger partial charge is 0.381 e. The Labute approximate surface area is 67.9 Å². The van der Waals surface area contributed by atoms with E-state index in [1.807, 2.05) is 6.92 Å². The molecule has 11 heavy (non-hydrogen) atoms. The van der Waals surface area contributed by atoms with Crippen molar-refractivity contribution in [1.29, 1.82) is 0 Å². The van der Waals surface area contributed by atoms with Crippen LogP contribution in [0.2, 0.25) is 0 Å². The van der Waals surface area contributed by atoms with Gasteiger partial charge in [-0.1, -0.05) is 6.92 Å². The van der Waals surface area contributed by atoms with Crippen molar-refractivity contribution in [3.8, 4) is 0 Å². The van der Waals surface area contributed by atoms with Crippen LogP contribution in [0.4, 0.5) is 0 Å². The number of carbonyl (C=O) groups excluding carboxylic acids is 1. The van der Waals surface area contributed by atoms with Crippen LogP contribution in [-0.2, 0) is 9.53 Å². The third kappa shape index (κ3) is 3.02. The molecule has 0 aromatic carbocycles. The van der Waals surface area contributed by atoms with Gasteiger partial charge in [0.05, 0.1) is 0 Å². The zero-order chi connectivity index (χ0) is 8.10. The van der Waals surface area contributed by atoms with Crippen LogP contribution in [0, 0.1) is 5.92 Å². The smallest absolute Gasteiger partial charge is 0.133 e. The van der Waals surface area contributed by atoms with Gasteiger partial charge in [0.15, 0.2) is 0 Å². The van der Waals surface area contributed by atoms with Crippen LogP contribution in [0.3, 0.4) is 0 Å². The molecule has 1 unspecified atom stereocenters. The summed E-state index contributed by atoms with van der Waals surface area (Å²) in [5.41, 5.74) is 0. The van der Waals surface area contributed by atoms with E-state index in [2.05, 4.69) is 0 Å². The van der Waals surface area contributed by atoms with E-state index in [1.54, 1.807) is 0 Å². The van der Waals surface area contributed by atoms with Crippen molar-refractivity contribution in [2.75, 3.05) is 13.2 Å². The zero-order valence-electron chi connectivity index (χ0n) is 7.14. The van der Waals surface area contributed by atoms with Crippen molar-refractivity contribution in [3.63, 3.8) is 0 Å². The Bertz CT molecular complexity index is 126. The van der Waals surface area contributed by atoms with Crippen molar-refractivity contribution < 1.29 is 9.53 Å². The van der Waals surface area contributed by atoms with Crippen LogP contribution < -0.4 is 0 Å². The minimum absolute atomic E-state index is 0.375. The predicted molar refractivity (Wildman–Crippen MR) is 43.5 cm³/mol. The molecular formula is C9H16O2. The second kappa shape index (κ2) is 4.50. The first-order valence-corrected chi connectivity index (χ1v) is 4.42. The Morgan fingerprint density at radius 2 is 2.45 bits per heavy atom. The third-order valence-electron chi connectivity index (χ3n) is 2.17. The lowest BCUT2D eigenvalue weighted by atomic mass is 9.96. The van der Waals surface area contributed by atoms with E-state index in [1.165, 1.54) is 6.42 Å². The molecular weight excluding hydrogens is 140 g/mol. The predicted octanol–water partition coefficient (Wildman–Crippen LogP) is 1.78. The van der Waals surface area contributed by atoms with E-state index in [-0.39, 0.29) is 0 Å². The molecule has 1 aliphatic heterocycles. The molecule has 0 N–H and O–H groups in total. The molecule has 64 valence electrons. The standard InChI is InChI=1S/C9H16O2/c1-2-9(10)6-8-4-3-5-11-7-8/h8H,2-7H2,1H3. The summed E-state index contributed by atoms with van der Waals surface area (Å²) in [6, 6.07) is 0. The number of rotatable bonds is 3. The van der Waals surface area contributed by atoms with Gasteiger partial charge in [-0.15, -0.1) is 0 Å². The highest BCUT2D eigenvalue weighted by Crippen LogP contribution is 2.17. The highest BCUT2D eigenvalue weighted by Gasteiger charge is 2.15. The van der Waals surface area contributed by atoms with Crippen molar-refractivity contribution in [3.05, 3.63) is 0 Å². The molecule has 0 aromatic rings. The van der Waals surface area contributed by atoms with Gasteiger partial charge in [0.1, 0.15) is 5.78 Å². The maximum absolute atomic E-state index is 11.0. The molecule has 0 aliphatic carbocycles. The van der Waals surface area contributed by atoms with Crippen LogP contribution in [0.15, 0.2) is 0 Å². The number of hydrogen-bond acceptors (Lipinski definition) is 2. The molecule has 0 aromatic heterocycles. The van der Waals surface area contributed by atoms with Crippen molar-refractivity contribution in [2.24, 2.45) is 5.92 Å². The molecule has 0 amide bonds. The van der Waals surface area contributed by atoms with Crippen molar-refractivity contribution in [1.82, 2.24) is 0 Å². The second-order valence-corrected chi connectivity index (χ2v) is 3.18. The first kappa shape index (κ1) is 8.72. The Morgan fingerprint density at radius 3 is 3.00 bits per heavy atom. The SMILES string of the molecule is CCC(=O)CC1CCCOC1. The normalized spacial score (nSPS) is 25.0. The fourth-order valence-corrected chi connectivity index (χ4v) is 1.43. The number of carbonyl (C=O) groups is 1. The van der Waals surface area contributed by atoms with Gasteiger partial charge in [-0.25, -0.2) is 0 Å². The maximum atomic E-state index is 11.0. The first-order valence-electron chi connectivity index (χ1n) is 4.42. The lowest BCUT2D eigenvalue weighted by Gasteiger charge is -2.20. The molecule has 1 atom stereocenters. The van der Waals surface area contributed by atoms with E-state index in [9.17, 15) is 4.79 Å². The van der Waals surface area contributed by atoms with Crippen LogP contribution >= 0.6 is 0 Å². The molecule has 0 saturated carbocycles. The van der Waals surface area contributed by atoms with E-state index >= 15 is 0 Å². The van der Waals surface area contributed by atoms with Gasteiger partial charge in [-0.05, 0) is 18.8 Å². The Balaban J connectivity index is 2.19. The van der Waals surface area contributed by atoms with Gasteiger partial charge in [0, 0.05) is 26.1 Å². The molecule has 1 rings (SSSR count). The fourth-order valence-electron chi connectivity index (χ4n) is 1.43. The molecule has 0 bridgehead atoms. The lowest BCUT2D eigenvalue weighted by molar-refractivity contribution is -0.120. The van der Waals surface area contributed by atoms with E-state index in [4.69, 9.17) is 4.74 Å². The fraction of sp³-hybridized carbons (Fsp3) is 0.889. The average Bonchev–Trinajstić information content (AvgIpc) is 2.06. The van der Waals surface area contributed by atoms with E-state index in [0.29, 0.717) is 18.1 Å². The van der Waals surface area contributed by atoms with Gasteiger partial charge >= 0.3 is 0 Å². The van der Waals surface area contributed by atoms with Crippen LogP contribution in [0.5, 0.6) is 0 Å². The zero-order valence-corrected chi connectivity index (χ0v) is 7.14. The lowest BCUT2D eigenvalue weighted by Crippen LogP contribution is -2.19. The minimum Gasteiger partial charge on any atom is -0.381 e. The molecule has 1 heterocycles. The van der Waals surface area contributed by atoms with Crippen molar-refractivity contribution in [2.45, 2.75) is 32.6 Å². The molecule has 1 fully saturated rings. The molecule has 2 nitrogen and oxygen atoms in total. The number of ketones is 1. The summed E-state index contributed by atoms with van der Waals surface area (Å²) in [5, 5.41) is 0. The van der Waals surface area contributed by atoms with Gasteiger partial charge in [0.2, 0.25) is 0 Å². The molecule has 0 radical (unpaired) electrons. The average molecular weight is 156 g/mol. The van der Waals surface area contributed by atoms with E-state index in [0.717, 1.165) is 26.1 Å². The summed E-state index contributed by atoms with van der Waals surface area (Å²) in [4.78, 5) is 11.0. The minimum atomic E-state index is 0.375. The maximum Gasteiger partial charge on any atom is 0.133 e. The third-order valence-corrected chi connectivity index (χ3v) is 2.17. The van der Waals surface area contributed by atoms with Gasteiger partial charge in [-0.2, -0.15) is 0 Å². The molecule has 0 spiro atoms. The molecule has 1 saturated heterocycles. The molecule has 1 aliphatic rings. The highest BCUT2D eigenvalue weighted by atomic mass is 16.5. The van der Waals surface area contributed by atoms with Crippen LogP contribution in [0.25, 0.3) is 0 Å². The first-order chi connectivity index (χ1) is 5.33. The van der Waals surface area contributed by atoms with Crippen LogP contribution in [-0.4, -0.2) is 19.0 Å². The quantitative estimate of drug-likeness (QED) is 0.622. The van der Waals surface area contributed by atoms with Gasteiger partial charge in [0.25, 0.3) is 0 Å². The van der Waals surface area contributed by atoms with E-state index < -0.39 is 0 Å². The number of hydrogen-bond donors (Lipinski definition) is 0. The van der Waals surface area contributed by atoms with Gasteiger partial charge in [-0.3, -0.25) is 4.79 Å². The summed E-state index contributed by atoms with van der Waals surface area (Å²) in [7, 11) is 0. The second-order valence-electron chi connectivity index (χ2n) is 3.18. The summed E-state index contributed by atoms with van der Waals surface area (Å²) in [5.74, 6) is 0.886. The Morgan fingerprint density at radius 1 is 1.64 bits per heavy atom. The number of ether oxygens (including phenoxy) is 1. The van der Waals surface area contributed by atoms with Crippen LogP contribution in [0.1, 0.15) is 32.6 Å². The van der Waals surface area contributed by atoms with Crippen molar-refractivity contribution >= 4 is 5.78 Å². The Kier molecular flexibility index (Phi) is 3.57. The summed E-state index contributed by atoms with van der Waals surface area (Å²) in [6.07, 6.45) is 3.71. The van der Waals surface area contributed by atoms with Gasteiger partial charge < -0.3 is 4.74 Å². The topological polar surface area (TPSA) is 26.3 Å². The Hall–Kier alpha value is -0.370. The molecule has 2 heteroatoms. The summed E-state index contributed by atoms with van der Waals surface area (Å²) < 4.78 is 5.28. The summed E-state index contributed by atoms with van der Waals surface area (Å²) >= 11 is 0. The number of Topliss-reactive ketones (excluding diaryl/α,β-unsaturated/α-hetero) is 1. The monoisotopic (exact) mass is 156 g/mol.